The third-order valence-corrected chi connectivity index (χ3v) is 14.1. The molecule has 0 saturated carbocycles. The van der Waals surface area contributed by atoms with Gasteiger partial charge in [-0.2, -0.15) is 0 Å². The molecule has 5 aromatic rings. The molecule has 2 heterocycles. The van der Waals surface area contributed by atoms with Crippen LogP contribution in [0.1, 0.15) is 63.2 Å². The summed E-state index contributed by atoms with van der Waals surface area (Å²) in [5, 5.41) is 6.77. The zero-order chi connectivity index (χ0) is 46.4. The van der Waals surface area contributed by atoms with Gasteiger partial charge in [0.1, 0.15) is 33.0 Å². The Morgan fingerprint density at radius 2 is 1.46 bits per heavy atom. The van der Waals surface area contributed by atoms with Gasteiger partial charge in [0, 0.05) is 65.7 Å². The second-order valence-corrected chi connectivity index (χ2v) is 17.7. The quantitative estimate of drug-likeness (QED) is 0.0396. The van der Waals surface area contributed by atoms with Gasteiger partial charge < -0.3 is 48.5 Å². The van der Waals surface area contributed by atoms with Gasteiger partial charge in [-0.3, -0.25) is 26.8 Å². The molecule has 1 aliphatic carbocycles. The van der Waals surface area contributed by atoms with E-state index in [9.17, 15) is 22.2 Å². The number of esters is 1. The number of hydrogen-bond donors (Lipinski definition) is 2. The van der Waals surface area contributed by atoms with Crippen LogP contribution >= 0.6 is 32.8 Å². The van der Waals surface area contributed by atoms with Crippen molar-refractivity contribution in [2.24, 2.45) is 5.92 Å². The molecule has 4 unspecified atom stereocenters. The van der Waals surface area contributed by atoms with Gasteiger partial charge in [-0.1, -0.05) is 11.6 Å². The van der Waals surface area contributed by atoms with Crippen LogP contribution < -0.4 is 39.1 Å². The van der Waals surface area contributed by atoms with Crippen LogP contribution in [0.2, 0.25) is 5.02 Å². The van der Waals surface area contributed by atoms with Crippen LogP contribution in [-0.2, 0) is 33.3 Å². The number of ether oxygens (including phenoxy) is 8. The summed E-state index contributed by atoms with van der Waals surface area (Å²) in [4.78, 5) is 53.5. The summed E-state index contributed by atoms with van der Waals surface area (Å²) in [6.45, 7) is 2.11. The summed E-state index contributed by atoms with van der Waals surface area (Å²) in [6, 6.07) is 19.2. The van der Waals surface area contributed by atoms with Crippen LogP contribution in [0.5, 0.6) is 34.5 Å². The summed E-state index contributed by atoms with van der Waals surface area (Å²) < 4.78 is 60.1. The highest BCUT2D eigenvalue weighted by molar-refractivity contribution is 14.1. The predicted molar refractivity (Wildman–Crippen MR) is 247 cm³/mol. The fourth-order valence-corrected chi connectivity index (χ4v) is 10.7. The first-order valence-electron chi connectivity index (χ1n) is 20.6. The number of hydrogen-bond acceptors (Lipinski definition) is 13. The fourth-order valence-electron chi connectivity index (χ4n) is 8.52. The third kappa shape index (κ3) is 9.86. The van der Waals surface area contributed by atoms with Crippen LogP contribution in [-0.4, -0.2) is 94.2 Å². The van der Waals surface area contributed by atoms with Crippen molar-refractivity contribution in [1.29, 1.82) is 0 Å². The number of amides is 2. The van der Waals surface area contributed by atoms with Gasteiger partial charge in [0.05, 0.1) is 57.3 Å². The molecule has 0 radical (unpaired) electrons. The Kier molecular flexibility index (Phi) is 15.2. The maximum Gasteiger partial charge on any atom is 0.306 e. The van der Waals surface area contributed by atoms with E-state index in [0.717, 1.165) is 11.1 Å². The first-order valence-corrected chi connectivity index (χ1v) is 23.1. The molecule has 0 bridgehead atoms. The Labute approximate surface area is 390 Å². The van der Waals surface area contributed by atoms with Crippen LogP contribution in [0, 0.1) is 12.8 Å². The monoisotopic (exact) mass is 1030 g/mol. The third-order valence-electron chi connectivity index (χ3n) is 11.6. The Hall–Kier alpha value is -5.92. The van der Waals surface area contributed by atoms with Crippen molar-refractivity contribution >= 4 is 67.4 Å². The number of alkyl halides is 1. The molecule has 4 atom stereocenters. The van der Waals surface area contributed by atoms with E-state index < -0.39 is 54.9 Å². The second kappa shape index (κ2) is 20.9. The van der Waals surface area contributed by atoms with E-state index in [0.29, 0.717) is 72.8 Å². The molecule has 2 aliphatic rings. The Balaban J connectivity index is 0.998. The largest absolute Gasteiger partial charge is 0.497 e. The SMILES string of the molecule is COCC1C(OC(=O)CCC(=O)NCCNC(=O)Cc2c(C)n(C(=O)c3ccc(Cl)cc3)c3ccc(OC)cc23)c2cc3c(cc2C(c2cc(OC)c(OC)c(OC)c2)C1I=O)OCO3. The molecule has 0 fully saturated rings. The average molecular weight is 1030 g/mol. The van der Waals surface area contributed by atoms with Crippen molar-refractivity contribution in [1.82, 2.24) is 15.2 Å². The van der Waals surface area contributed by atoms with E-state index in [4.69, 9.17) is 49.5 Å². The Morgan fingerprint density at radius 1 is 0.800 bits per heavy atom. The van der Waals surface area contributed by atoms with Crippen LogP contribution in [0.3, 0.4) is 0 Å². The van der Waals surface area contributed by atoms with Crippen LogP contribution in [0.4, 0.5) is 0 Å². The molecule has 65 heavy (non-hydrogen) atoms. The van der Waals surface area contributed by atoms with E-state index in [1.54, 1.807) is 67.1 Å². The average Bonchev–Trinajstić information content (AvgIpc) is 3.89. The van der Waals surface area contributed by atoms with Gasteiger partial charge in [-0.25, -0.2) is 0 Å². The highest BCUT2D eigenvalue weighted by Crippen LogP contribution is 2.55. The number of nitrogens with one attached hydrogen (secondary N) is 2. The lowest BCUT2D eigenvalue weighted by Gasteiger charge is -2.41. The summed E-state index contributed by atoms with van der Waals surface area (Å²) >= 11 is 4.30. The van der Waals surface area contributed by atoms with E-state index in [1.165, 1.54) is 28.4 Å². The molecule has 344 valence electrons. The molecule has 0 spiro atoms. The summed E-state index contributed by atoms with van der Waals surface area (Å²) in [5.74, 6) is 0.113. The molecular formula is C47H49ClIN3O13. The highest BCUT2D eigenvalue weighted by Gasteiger charge is 2.47. The number of nitrogens with zero attached hydrogens (tertiary/aromatic N) is 1. The minimum absolute atomic E-state index is 0.00437. The molecule has 2 amide bonds. The van der Waals surface area contributed by atoms with Crippen LogP contribution in [0.25, 0.3) is 10.9 Å². The zero-order valence-corrected chi connectivity index (χ0v) is 39.5. The first-order chi connectivity index (χ1) is 31.4. The number of carbonyl (C=O) groups excluding carboxylic acids is 4. The van der Waals surface area contributed by atoms with Crippen LogP contribution in [0.15, 0.2) is 66.7 Å². The van der Waals surface area contributed by atoms with Crippen molar-refractivity contribution in [3.05, 3.63) is 105 Å². The fraction of sp³-hybridized carbons (Fsp3) is 0.362. The maximum atomic E-state index is 13.7. The molecule has 2 N–H and O–H groups in total. The summed E-state index contributed by atoms with van der Waals surface area (Å²) in [5.41, 5.74) is 4.40. The van der Waals surface area contributed by atoms with E-state index in [2.05, 4.69) is 10.6 Å². The lowest BCUT2D eigenvalue weighted by atomic mass is 9.72. The van der Waals surface area contributed by atoms with Crippen molar-refractivity contribution in [2.75, 3.05) is 62.0 Å². The molecule has 4 aromatic carbocycles. The standard InChI is InChI=1S/C47H49ClIN3O13/c1-25-30(31-19-29(59-3)11-12-35(31)52(25)47(56)26-7-9-28(48)10-8-26)22-41(54)51-16-15-50-40(53)13-14-42(55)65-45-33-21-37-36(63-24-64-37)20-32(33)43(44(49-57)34(45)23-58-2)27-17-38(60-4)46(62-6)39(18-27)61-5/h7-12,17-21,34,43-45H,13-16,22-24H2,1-6H3,(H,50,53)(H,51,54). The summed E-state index contributed by atoms with van der Waals surface area (Å²) in [7, 11) is 7.62. The lowest BCUT2D eigenvalue weighted by molar-refractivity contribution is -0.155. The first kappa shape index (κ1) is 47.1. The number of halogens is 2. The summed E-state index contributed by atoms with van der Waals surface area (Å²) in [6.07, 6.45) is -1.36. The smallest absolute Gasteiger partial charge is 0.306 e. The van der Waals surface area contributed by atoms with Gasteiger partial charge in [-0.05, 0) is 90.3 Å². The molecular weight excluding hydrogens is 977 g/mol. The predicted octanol–water partition coefficient (Wildman–Crippen LogP) is 6.99. The number of fused-ring (bicyclic) bond motifs is 3. The number of methoxy groups -OCH3 is 5. The van der Waals surface area contributed by atoms with E-state index in [-0.39, 0.29) is 57.6 Å². The number of carbonyl (C=O) groups is 4. The maximum absolute atomic E-state index is 13.7. The Bertz CT molecular complexity index is 2590. The lowest BCUT2D eigenvalue weighted by Crippen LogP contribution is -2.39. The minimum Gasteiger partial charge on any atom is -0.497 e. The Morgan fingerprint density at radius 3 is 2.08 bits per heavy atom. The second-order valence-electron chi connectivity index (χ2n) is 15.3. The van der Waals surface area contributed by atoms with Gasteiger partial charge >= 0.3 is 5.97 Å². The molecule has 0 saturated heterocycles. The number of rotatable bonds is 18. The molecule has 16 nitrogen and oxygen atoms in total. The van der Waals surface area contributed by atoms with Gasteiger partial charge in [0.25, 0.3) is 5.91 Å². The number of aromatic nitrogens is 1. The zero-order valence-electron chi connectivity index (χ0n) is 36.6. The normalized spacial score (nSPS) is 17.2. The number of benzene rings is 4. The van der Waals surface area contributed by atoms with Crippen molar-refractivity contribution < 1.29 is 60.1 Å². The van der Waals surface area contributed by atoms with Gasteiger partial charge in [-0.15, -0.1) is 0 Å². The van der Waals surface area contributed by atoms with Gasteiger partial charge in [0.2, 0.25) is 24.4 Å². The van der Waals surface area contributed by atoms with Gasteiger partial charge in [0.15, 0.2) is 23.0 Å². The van der Waals surface area contributed by atoms with E-state index >= 15 is 0 Å². The topological polar surface area (TPSA) is 188 Å². The van der Waals surface area contributed by atoms with Crippen molar-refractivity contribution in [2.45, 2.75) is 42.1 Å². The molecule has 1 aromatic heterocycles. The molecule has 7 rings (SSSR count). The highest BCUT2D eigenvalue weighted by atomic mass is 127. The van der Waals surface area contributed by atoms with Crippen molar-refractivity contribution in [3.63, 3.8) is 0 Å². The van der Waals surface area contributed by atoms with Crippen molar-refractivity contribution in [3.8, 4) is 34.5 Å². The minimum atomic E-state index is -1.75. The molecule has 1 aliphatic heterocycles. The van der Waals surface area contributed by atoms with E-state index in [1.807, 2.05) is 18.2 Å². The molecule has 18 heteroatoms.